The Kier molecular flexibility index (Phi) is 4.39. The van der Waals surface area contributed by atoms with Crippen molar-refractivity contribution in [2.75, 3.05) is 56.7 Å². The Labute approximate surface area is 170 Å². The highest BCUT2D eigenvalue weighted by atomic mass is 16.5. The van der Waals surface area contributed by atoms with E-state index in [1.807, 2.05) is 37.4 Å². The third-order valence-corrected chi connectivity index (χ3v) is 6.02. The number of urea groups is 1. The second kappa shape index (κ2) is 7.08. The third kappa shape index (κ3) is 2.76. The van der Waals surface area contributed by atoms with Crippen LogP contribution in [-0.2, 0) is 0 Å². The van der Waals surface area contributed by atoms with Crippen LogP contribution in [0.5, 0.6) is 5.75 Å². The molecule has 1 atom stereocenters. The van der Waals surface area contributed by atoms with E-state index in [4.69, 9.17) is 9.73 Å². The molecule has 2 amide bonds. The number of methoxy groups -OCH3 is 1. The number of hydrogen-bond donors (Lipinski definition) is 1. The lowest BCUT2D eigenvalue weighted by atomic mass is 9.93. The minimum absolute atomic E-state index is 0.00532. The number of carbonyl (C=O) groups is 1. The number of hydrogen-bond acceptors (Lipinski definition) is 5. The monoisotopic (exact) mass is 391 g/mol. The Bertz CT molecular complexity index is 989. The van der Waals surface area contributed by atoms with Crippen LogP contribution in [0.4, 0.5) is 16.2 Å². The van der Waals surface area contributed by atoms with Gasteiger partial charge in [-0.1, -0.05) is 24.3 Å². The van der Waals surface area contributed by atoms with Gasteiger partial charge in [-0.2, -0.15) is 0 Å². The molecule has 0 bridgehead atoms. The zero-order chi connectivity index (χ0) is 20.0. The first-order valence-corrected chi connectivity index (χ1v) is 10.0. The smallest absolute Gasteiger partial charge is 0.329 e. The number of carbonyl (C=O) groups excluding carboxylic acids is 1. The number of para-hydroxylation sites is 2. The molecule has 0 spiro atoms. The second-order valence-electron chi connectivity index (χ2n) is 7.53. The van der Waals surface area contributed by atoms with Crippen molar-refractivity contribution in [3.8, 4) is 5.75 Å². The molecule has 1 saturated heterocycles. The van der Waals surface area contributed by atoms with Crippen molar-refractivity contribution in [2.24, 2.45) is 4.99 Å². The second-order valence-corrected chi connectivity index (χ2v) is 7.53. The van der Waals surface area contributed by atoms with E-state index in [1.165, 1.54) is 5.56 Å². The number of piperazine rings is 1. The standard InChI is InChI=1S/C22H25N5O2/c1-25-17-8-5-6-15(20(17)21-24-11-13-27(21)22(25)28)18-14-23-10-12-26(18)16-7-3-4-9-19(16)29-2/h3-9,18,23H,10-14H2,1-2H3. The Morgan fingerprint density at radius 2 is 1.93 bits per heavy atom. The number of nitrogens with zero attached hydrogens (tertiary/aromatic N) is 4. The van der Waals surface area contributed by atoms with Crippen molar-refractivity contribution in [3.05, 3.63) is 53.6 Å². The summed E-state index contributed by atoms with van der Waals surface area (Å²) in [5.41, 5.74) is 4.27. The molecule has 150 valence electrons. The van der Waals surface area contributed by atoms with Gasteiger partial charge in [0.15, 0.2) is 0 Å². The number of amidine groups is 1. The minimum atomic E-state index is -0.00532. The Morgan fingerprint density at radius 3 is 2.79 bits per heavy atom. The van der Waals surface area contributed by atoms with Gasteiger partial charge in [0.05, 0.1) is 31.1 Å². The third-order valence-electron chi connectivity index (χ3n) is 6.02. The Hall–Kier alpha value is -3.06. The number of aliphatic imine (C=N–C) groups is 1. The first-order chi connectivity index (χ1) is 14.2. The summed E-state index contributed by atoms with van der Waals surface area (Å²) in [7, 11) is 3.56. The van der Waals surface area contributed by atoms with E-state index < -0.39 is 0 Å². The molecule has 1 N–H and O–H groups in total. The lowest BCUT2D eigenvalue weighted by Crippen LogP contribution is -2.50. The lowest BCUT2D eigenvalue weighted by molar-refractivity contribution is 0.230. The SMILES string of the molecule is COc1ccccc1N1CCNCC1c1cccc2c1C1=NCCN1C(=O)N2C. The molecule has 7 heteroatoms. The normalized spacial score (nSPS) is 21.0. The van der Waals surface area contributed by atoms with Gasteiger partial charge in [-0.25, -0.2) is 4.79 Å². The number of rotatable bonds is 3. The topological polar surface area (TPSA) is 60.4 Å². The van der Waals surface area contributed by atoms with Crippen molar-refractivity contribution in [3.63, 3.8) is 0 Å². The van der Waals surface area contributed by atoms with Crippen molar-refractivity contribution < 1.29 is 9.53 Å². The highest BCUT2D eigenvalue weighted by molar-refractivity contribution is 6.20. The van der Waals surface area contributed by atoms with Crippen molar-refractivity contribution in [2.45, 2.75) is 6.04 Å². The quantitative estimate of drug-likeness (QED) is 0.873. The molecule has 1 unspecified atom stereocenters. The number of anilines is 2. The van der Waals surface area contributed by atoms with Crippen LogP contribution in [0.2, 0.25) is 0 Å². The summed E-state index contributed by atoms with van der Waals surface area (Å²) in [4.78, 5) is 23.4. The van der Waals surface area contributed by atoms with Crippen molar-refractivity contribution in [1.82, 2.24) is 10.2 Å². The molecule has 5 rings (SSSR count). The lowest BCUT2D eigenvalue weighted by Gasteiger charge is -2.41. The molecular formula is C22H25N5O2. The van der Waals surface area contributed by atoms with Gasteiger partial charge in [-0.05, 0) is 23.8 Å². The maximum atomic E-state index is 12.8. The number of nitrogens with one attached hydrogen (secondary N) is 1. The first kappa shape index (κ1) is 18.0. The molecule has 2 aromatic rings. The summed E-state index contributed by atoms with van der Waals surface area (Å²) in [5.74, 6) is 1.68. The summed E-state index contributed by atoms with van der Waals surface area (Å²) >= 11 is 0. The van der Waals surface area contributed by atoms with Gasteiger partial charge in [0.25, 0.3) is 0 Å². The van der Waals surface area contributed by atoms with E-state index in [0.717, 1.165) is 48.2 Å². The van der Waals surface area contributed by atoms with E-state index in [2.05, 4.69) is 22.3 Å². The van der Waals surface area contributed by atoms with Crippen molar-refractivity contribution in [1.29, 1.82) is 0 Å². The largest absolute Gasteiger partial charge is 0.495 e. The molecule has 2 aromatic carbocycles. The fourth-order valence-electron chi connectivity index (χ4n) is 4.63. The fourth-order valence-corrected chi connectivity index (χ4v) is 4.63. The van der Waals surface area contributed by atoms with Crippen molar-refractivity contribution >= 4 is 23.2 Å². The molecule has 3 aliphatic rings. The van der Waals surface area contributed by atoms with Gasteiger partial charge in [-0.3, -0.25) is 14.8 Å². The van der Waals surface area contributed by atoms with E-state index in [-0.39, 0.29) is 12.1 Å². The van der Waals surface area contributed by atoms with Crippen LogP contribution in [0.25, 0.3) is 0 Å². The van der Waals surface area contributed by atoms with Crippen LogP contribution in [0.15, 0.2) is 47.5 Å². The van der Waals surface area contributed by atoms with Gasteiger partial charge in [0.2, 0.25) is 0 Å². The van der Waals surface area contributed by atoms with E-state index in [0.29, 0.717) is 13.1 Å². The zero-order valence-electron chi connectivity index (χ0n) is 16.8. The van der Waals surface area contributed by atoms with Gasteiger partial charge >= 0.3 is 6.03 Å². The highest BCUT2D eigenvalue weighted by Gasteiger charge is 2.39. The van der Waals surface area contributed by atoms with Crippen LogP contribution in [0.1, 0.15) is 17.2 Å². The van der Waals surface area contributed by atoms with Gasteiger partial charge in [0, 0.05) is 38.8 Å². The summed E-state index contributed by atoms with van der Waals surface area (Å²) in [5, 5.41) is 3.54. The molecule has 0 aliphatic carbocycles. The van der Waals surface area contributed by atoms with Crippen LogP contribution < -0.4 is 19.9 Å². The predicted molar refractivity (Wildman–Crippen MR) is 114 cm³/mol. The summed E-state index contributed by atoms with van der Waals surface area (Å²) in [6.45, 7) is 3.90. The van der Waals surface area contributed by atoms with Gasteiger partial charge in [-0.15, -0.1) is 0 Å². The Balaban J connectivity index is 1.65. The molecule has 0 aromatic heterocycles. The summed E-state index contributed by atoms with van der Waals surface area (Å²) in [6, 6.07) is 14.5. The van der Waals surface area contributed by atoms with Crippen LogP contribution in [0, 0.1) is 0 Å². The highest BCUT2D eigenvalue weighted by Crippen LogP contribution is 2.40. The van der Waals surface area contributed by atoms with Crippen LogP contribution in [0.3, 0.4) is 0 Å². The fraction of sp³-hybridized carbons (Fsp3) is 0.364. The first-order valence-electron chi connectivity index (χ1n) is 10.0. The summed E-state index contributed by atoms with van der Waals surface area (Å²) < 4.78 is 5.65. The molecule has 29 heavy (non-hydrogen) atoms. The maximum absolute atomic E-state index is 12.8. The van der Waals surface area contributed by atoms with E-state index >= 15 is 0 Å². The molecule has 1 fully saturated rings. The van der Waals surface area contributed by atoms with Crippen LogP contribution >= 0.6 is 0 Å². The zero-order valence-corrected chi connectivity index (χ0v) is 16.8. The molecule has 7 nitrogen and oxygen atoms in total. The van der Waals surface area contributed by atoms with E-state index in [9.17, 15) is 4.79 Å². The molecule has 0 radical (unpaired) electrons. The van der Waals surface area contributed by atoms with Gasteiger partial charge in [0.1, 0.15) is 11.6 Å². The molecular weight excluding hydrogens is 366 g/mol. The average molecular weight is 391 g/mol. The number of fused-ring (bicyclic) bond motifs is 3. The van der Waals surface area contributed by atoms with Gasteiger partial charge < -0.3 is 15.0 Å². The minimum Gasteiger partial charge on any atom is -0.495 e. The van der Waals surface area contributed by atoms with Crippen LogP contribution in [-0.4, -0.2) is 63.6 Å². The molecule has 3 heterocycles. The summed E-state index contributed by atoms with van der Waals surface area (Å²) in [6.07, 6.45) is 0. The molecule has 0 saturated carbocycles. The number of benzene rings is 2. The molecule has 3 aliphatic heterocycles. The predicted octanol–water partition coefficient (Wildman–Crippen LogP) is 2.48. The number of amides is 2. The Morgan fingerprint density at radius 1 is 1.10 bits per heavy atom. The number of ether oxygens (including phenoxy) is 1. The average Bonchev–Trinajstić information content (AvgIpc) is 3.27. The maximum Gasteiger partial charge on any atom is 0.329 e. The van der Waals surface area contributed by atoms with E-state index in [1.54, 1.807) is 16.9 Å².